The Labute approximate surface area is 128 Å². The molecule has 0 aromatic heterocycles. The van der Waals surface area contributed by atoms with Crippen LogP contribution in [0, 0.1) is 23.0 Å². The van der Waals surface area contributed by atoms with Crippen LogP contribution in [0.3, 0.4) is 0 Å². The largest absolute Gasteiger partial charge is 0.594 e. The molecule has 0 N–H and O–H groups in total. The molecule has 2 aliphatic carbocycles. The molecule has 1 saturated carbocycles. The number of ketones is 1. The molecule has 2 bridgehead atoms. The summed E-state index contributed by atoms with van der Waals surface area (Å²) in [4.78, 5) is 19.8. The fourth-order valence-corrected chi connectivity index (χ4v) is 4.84. The molecule has 1 saturated heterocycles. The number of rotatable bonds is 1. The van der Waals surface area contributed by atoms with Crippen molar-refractivity contribution in [2.45, 2.75) is 25.0 Å². The van der Waals surface area contributed by atoms with Crippen LogP contribution in [-0.2, 0) is 15.2 Å². The van der Waals surface area contributed by atoms with Gasteiger partial charge in [0.15, 0.2) is 0 Å². The first-order chi connectivity index (χ1) is 10.7. The average Bonchev–Trinajstić information content (AvgIpc) is 3.26. The highest BCUT2D eigenvalue weighted by Gasteiger charge is 2.75. The lowest BCUT2D eigenvalue weighted by Crippen LogP contribution is -2.50. The Balaban J connectivity index is 1.77. The fourth-order valence-electron chi connectivity index (χ4n) is 4.84. The Kier molecular flexibility index (Phi) is 2.14. The second kappa shape index (κ2) is 3.79. The molecular weight excluding hydrogens is 280 g/mol. The third kappa shape index (κ3) is 1.14. The van der Waals surface area contributed by atoms with E-state index in [-0.39, 0.29) is 23.5 Å². The van der Waals surface area contributed by atoms with Crippen LogP contribution in [0.2, 0.25) is 0 Å². The summed E-state index contributed by atoms with van der Waals surface area (Å²) >= 11 is 0. The van der Waals surface area contributed by atoms with Gasteiger partial charge in [0.1, 0.15) is 6.10 Å². The minimum Gasteiger partial charge on any atom is -0.594 e. The number of benzene rings is 1. The Morgan fingerprint density at radius 1 is 1.27 bits per heavy atom. The van der Waals surface area contributed by atoms with E-state index in [0.717, 1.165) is 12.0 Å². The van der Waals surface area contributed by atoms with E-state index < -0.39 is 5.54 Å². The van der Waals surface area contributed by atoms with Gasteiger partial charge in [0.05, 0.1) is 0 Å². The predicted octanol–water partition coefficient (Wildman–Crippen LogP) is 1.79. The second-order valence-electron chi connectivity index (χ2n) is 6.64. The zero-order chi connectivity index (χ0) is 15.1. The summed E-state index contributed by atoms with van der Waals surface area (Å²) < 4.78 is 0. The van der Waals surface area contributed by atoms with Crippen LogP contribution >= 0.6 is 0 Å². The minimum atomic E-state index is -0.998. The number of fused-ring (bicyclic) bond motifs is 7. The number of nitrogens with zero attached hydrogens (tertiary/aromatic N) is 2. The van der Waals surface area contributed by atoms with Crippen molar-refractivity contribution in [1.82, 2.24) is 5.17 Å². The summed E-state index contributed by atoms with van der Waals surface area (Å²) in [6, 6.07) is 9.60. The lowest BCUT2D eigenvalue weighted by molar-refractivity contribution is -0.722. The van der Waals surface area contributed by atoms with E-state index in [2.05, 4.69) is 12.2 Å². The number of allylic oxidation sites excluding steroid dienone is 1. The van der Waals surface area contributed by atoms with Gasteiger partial charge in [-0.15, -0.1) is 0 Å². The molecule has 112 valence electrons. The average molecular weight is 296 g/mol. The maximum atomic E-state index is 13.1. The first-order valence-electron chi connectivity index (χ1n) is 7.72. The molecule has 2 fully saturated rings. The number of hydrogen-bond acceptors (Lipinski definition) is 4. The number of carbonyl (C=O) groups is 1. The molecule has 1 aromatic rings. The van der Waals surface area contributed by atoms with Gasteiger partial charge in [-0.2, -0.15) is 0 Å². The molecule has 5 atom stereocenters. The first kappa shape index (κ1) is 12.4. The van der Waals surface area contributed by atoms with Gasteiger partial charge in [0.25, 0.3) is 11.5 Å². The zero-order valence-electron chi connectivity index (χ0n) is 12.2. The summed E-state index contributed by atoms with van der Waals surface area (Å²) in [5.74, 6) is 0.486. The fraction of sp³-hybridized carbons (Fsp3) is 0.412. The normalized spacial score (nSPS) is 41.5. The molecule has 5 heteroatoms. The van der Waals surface area contributed by atoms with Gasteiger partial charge in [-0.1, -0.05) is 47.3 Å². The van der Waals surface area contributed by atoms with E-state index in [4.69, 9.17) is 4.84 Å². The standard InChI is InChI=1S/C17H16N2O3/c1-10-16(20)17(13-5-3-2-4-6-13)14-11-7-8-12(9-11)15(14)22-19(17)18(10)21/h2-8,11-12,14-15H,9H2,1H3/t11-,12+,14+,15-,17-/m0/s1. The highest BCUT2D eigenvalue weighted by Crippen LogP contribution is 2.60. The molecular formula is C17H16N2O3. The molecule has 2 heterocycles. The van der Waals surface area contributed by atoms with Gasteiger partial charge >= 0.3 is 0 Å². The Bertz CT molecular complexity index is 742. The molecule has 0 spiro atoms. The SMILES string of the molecule is CC1=[N+]([O-])N2O[C@@H]3[C@@H]([C@H]4C=C[C@@H]3C4)[C@@]2(c2ccccc2)C1=O. The highest BCUT2D eigenvalue weighted by molar-refractivity contribution is 6.41. The third-order valence-electron chi connectivity index (χ3n) is 5.73. The molecule has 0 radical (unpaired) electrons. The van der Waals surface area contributed by atoms with Crippen molar-refractivity contribution >= 4 is 11.5 Å². The Morgan fingerprint density at radius 3 is 2.77 bits per heavy atom. The molecule has 22 heavy (non-hydrogen) atoms. The molecule has 0 amide bonds. The molecule has 1 aromatic carbocycles. The van der Waals surface area contributed by atoms with Crippen molar-refractivity contribution in [3.8, 4) is 0 Å². The predicted molar refractivity (Wildman–Crippen MR) is 78.4 cm³/mol. The minimum absolute atomic E-state index is 0.00583. The van der Waals surface area contributed by atoms with Crippen molar-refractivity contribution < 1.29 is 14.5 Å². The van der Waals surface area contributed by atoms with Gasteiger partial charge in [0.2, 0.25) is 5.54 Å². The molecule has 0 unspecified atom stereocenters. The summed E-state index contributed by atoms with van der Waals surface area (Å²) in [5.41, 5.74) is 0.0577. The van der Waals surface area contributed by atoms with Crippen LogP contribution < -0.4 is 0 Å². The van der Waals surface area contributed by atoms with Gasteiger partial charge in [-0.3, -0.25) is 4.79 Å². The number of hydroxylamine groups is 1. The van der Waals surface area contributed by atoms with E-state index >= 15 is 0 Å². The van der Waals surface area contributed by atoms with Crippen molar-refractivity contribution in [2.24, 2.45) is 17.8 Å². The lowest BCUT2D eigenvalue weighted by Gasteiger charge is -2.32. The van der Waals surface area contributed by atoms with Crippen LogP contribution in [0.25, 0.3) is 0 Å². The van der Waals surface area contributed by atoms with Crippen molar-refractivity contribution in [3.63, 3.8) is 0 Å². The number of carbonyl (C=O) groups excluding carboxylic acids is 1. The number of hydrogen-bond donors (Lipinski definition) is 0. The van der Waals surface area contributed by atoms with Crippen LogP contribution in [0.4, 0.5) is 0 Å². The molecule has 4 aliphatic rings. The summed E-state index contributed by atoms with van der Waals surface area (Å²) in [5, 5.41) is 13.8. The van der Waals surface area contributed by atoms with Crippen LogP contribution in [-0.4, -0.2) is 27.6 Å². The first-order valence-corrected chi connectivity index (χ1v) is 7.72. The van der Waals surface area contributed by atoms with E-state index in [9.17, 15) is 10.0 Å². The van der Waals surface area contributed by atoms with Crippen molar-refractivity contribution in [1.29, 1.82) is 0 Å². The van der Waals surface area contributed by atoms with Gasteiger partial charge in [0, 0.05) is 18.8 Å². The van der Waals surface area contributed by atoms with Gasteiger partial charge in [-0.25, -0.2) is 4.84 Å². The summed E-state index contributed by atoms with van der Waals surface area (Å²) in [7, 11) is 0. The lowest BCUT2D eigenvalue weighted by atomic mass is 9.69. The smallest absolute Gasteiger partial charge is 0.264 e. The molecule has 5 nitrogen and oxygen atoms in total. The van der Waals surface area contributed by atoms with Crippen LogP contribution in [0.5, 0.6) is 0 Å². The third-order valence-corrected chi connectivity index (χ3v) is 5.73. The van der Waals surface area contributed by atoms with E-state index in [1.165, 1.54) is 5.17 Å². The molecule has 2 aliphatic heterocycles. The highest BCUT2D eigenvalue weighted by atomic mass is 16.8. The maximum Gasteiger partial charge on any atom is 0.264 e. The van der Waals surface area contributed by atoms with Gasteiger partial charge < -0.3 is 5.21 Å². The summed E-state index contributed by atoms with van der Waals surface area (Å²) in [6.07, 6.45) is 5.30. The quantitative estimate of drug-likeness (QED) is 0.450. The zero-order valence-corrected chi connectivity index (χ0v) is 12.2. The summed E-state index contributed by atoms with van der Waals surface area (Å²) in [6.45, 7) is 1.58. The second-order valence-corrected chi connectivity index (χ2v) is 6.64. The topological polar surface area (TPSA) is 55.6 Å². The van der Waals surface area contributed by atoms with Gasteiger partial charge in [-0.05, 0) is 23.1 Å². The maximum absolute atomic E-state index is 13.1. The van der Waals surface area contributed by atoms with E-state index in [1.807, 2.05) is 30.3 Å². The van der Waals surface area contributed by atoms with Crippen LogP contribution in [0.1, 0.15) is 18.9 Å². The Morgan fingerprint density at radius 2 is 2.00 bits per heavy atom. The number of hydrazone groups is 1. The monoisotopic (exact) mass is 296 g/mol. The van der Waals surface area contributed by atoms with Crippen molar-refractivity contribution in [2.75, 3.05) is 0 Å². The number of hydrazine groups is 1. The van der Waals surface area contributed by atoms with E-state index in [1.54, 1.807) is 6.92 Å². The van der Waals surface area contributed by atoms with Crippen LogP contribution in [0.15, 0.2) is 42.5 Å². The number of Topliss-reactive ketones (excluding diaryl/α,β-unsaturated/α-hetero) is 1. The molecule has 5 rings (SSSR count). The van der Waals surface area contributed by atoms with E-state index in [0.29, 0.717) is 16.7 Å². The Hall–Kier alpha value is -2.14. The van der Waals surface area contributed by atoms with Crippen molar-refractivity contribution in [3.05, 3.63) is 53.3 Å².